The number of nitrogens with two attached hydrogens (primary N) is 1. The number of carbonyl (C=O) groups is 1. The maximum atomic E-state index is 10.3. The number of hydrogen-bond donors (Lipinski definition) is 2. The molecule has 5 heteroatoms. The third-order valence-electron chi connectivity index (χ3n) is 1.97. The molecule has 0 spiro atoms. The van der Waals surface area contributed by atoms with Crippen molar-refractivity contribution >= 4 is 11.8 Å². The zero-order valence-corrected chi connectivity index (χ0v) is 8.10. The number of nitrogen functional groups attached to an aromatic ring is 1. The van der Waals surface area contributed by atoms with E-state index in [2.05, 4.69) is 5.10 Å². The monoisotopic (exact) mass is 196 g/mol. The molecule has 3 N–H and O–H groups in total. The lowest BCUT2D eigenvalue weighted by Gasteiger charge is -2.01. The molecule has 0 aliphatic rings. The Morgan fingerprint density at radius 2 is 2.43 bits per heavy atom. The summed E-state index contributed by atoms with van der Waals surface area (Å²) in [4.78, 5) is 10.3. The Labute approximate surface area is 82.2 Å². The summed E-state index contributed by atoms with van der Waals surface area (Å²) in [5.74, 6) is -0.199. The molecule has 0 aliphatic heterocycles. The van der Waals surface area contributed by atoms with E-state index in [0.717, 1.165) is 5.56 Å². The molecule has 0 unspecified atom stereocenters. The zero-order chi connectivity index (χ0) is 10.6. The van der Waals surface area contributed by atoms with Crippen molar-refractivity contribution < 1.29 is 14.6 Å². The summed E-state index contributed by atoms with van der Waals surface area (Å²) in [5.41, 5.74) is 6.71. The quantitative estimate of drug-likeness (QED) is 0.670. The highest BCUT2D eigenvalue weighted by molar-refractivity contribution is 5.66. The van der Waals surface area contributed by atoms with Crippen molar-refractivity contribution in [3.63, 3.8) is 0 Å². The largest absolute Gasteiger partial charge is 0.481 e. The summed E-state index contributed by atoms with van der Waals surface area (Å²) in [5, 5.41) is 12.5. The molecular weight excluding hydrogens is 182 g/mol. The van der Waals surface area contributed by atoms with Gasteiger partial charge in [-0.15, -0.1) is 4.68 Å². The average Bonchev–Trinajstić information content (AvgIpc) is 2.12. The van der Waals surface area contributed by atoms with Crippen molar-refractivity contribution in [1.29, 1.82) is 0 Å². The van der Waals surface area contributed by atoms with E-state index in [1.807, 2.05) is 13.0 Å². The van der Waals surface area contributed by atoms with Crippen LogP contribution in [0.3, 0.4) is 0 Å². The van der Waals surface area contributed by atoms with Crippen molar-refractivity contribution in [2.75, 3.05) is 5.73 Å². The van der Waals surface area contributed by atoms with Crippen LogP contribution in [-0.4, -0.2) is 16.2 Å². The van der Waals surface area contributed by atoms with Crippen molar-refractivity contribution in [2.24, 2.45) is 0 Å². The number of anilines is 1. The molecule has 0 saturated carbocycles. The molecule has 0 saturated heterocycles. The Morgan fingerprint density at radius 1 is 1.71 bits per heavy atom. The van der Waals surface area contributed by atoms with E-state index >= 15 is 0 Å². The first-order valence-electron chi connectivity index (χ1n) is 4.44. The normalized spacial score (nSPS) is 10.1. The van der Waals surface area contributed by atoms with Crippen LogP contribution < -0.4 is 10.4 Å². The van der Waals surface area contributed by atoms with Crippen molar-refractivity contribution in [2.45, 2.75) is 26.3 Å². The number of aliphatic carboxylic acids is 1. The Balaban J connectivity index is 2.59. The molecule has 1 rings (SSSR count). The summed E-state index contributed by atoms with van der Waals surface area (Å²) in [6, 6.07) is 1.82. The van der Waals surface area contributed by atoms with Gasteiger partial charge in [0.1, 0.15) is 6.54 Å². The second-order valence-electron chi connectivity index (χ2n) is 3.12. The minimum Gasteiger partial charge on any atom is -0.481 e. The Bertz CT molecular complexity index is 339. The average molecular weight is 196 g/mol. The summed E-state index contributed by atoms with van der Waals surface area (Å²) in [6.45, 7) is 2.44. The van der Waals surface area contributed by atoms with E-state index in [1.54, 1.807) is 10.9 Å². The first-order valence-corrected chi connectivity index (χ1v) is 4.44. The molecule has 0 amide bonds. The first kappa shape index (κ1) is 10.4. The molecule has 1 aromatic rings. The fourth-order valence-electron chi connectivity index (χ4n) is 1.13. The minimum atomic E-state index is -0.795. The van der Waals surface area contributed by atoms with Crippen LogP contribution in [0.5, 0.6) is 0 Å². The lowest BCUT2D eigenvalue weighted by atomic mass is 10.3. The lowest BCUT2D eigenvalue weighted by Crippen LogP contribution is -2.41. The van der Waals surface area contributed by atoms with Gasteiger partial charge < -0.3 is 5.11 Å². The fraction of sp³-hybridized carbons (Fsp3) is 0.444. The predicted octanol–water partition coefficient (Wildman–Crippen LogP) is 0.125. The minimum absolute atomic E-state index is 0.141. The molecule has 0 atom stereocenters. The van der Waals surface area contributed by atoms with Crippen LogP contribution in [0, 0.1) is 6.92 Å². The van der Waals surface area contributed by atoms with Crippen molar-refractivity contribution in [3.05, 3.63) is 17.8 Å². The Morgan fingerprint density at radius 3 is 3.07 bits per heavy atom. The number of nitrogens with zero attached hydrogens (tertiary/aromatic N) is 2. The smallest absolute Gasteiger partial charge is 0.303 e. The Hall–Kier alpha value is -1.65. The highest BCUT2D eigenvalue weighted by Crippen LogP contribution is 2.01. The van der Waals surface area contributed by atoms with Gasteiger partial charge in [-0.3, -0.25) is 10.5 Å². The van der Waals surface area contributed by atoms with E-state index in [1.165, 1.54) is 0 Å². The fourth-order valence-corrected chi connectivity index (χ4v) is 1.13. The summed E-state index contributed by atoms with van der Waals surface area (Å²) in [6.07, 6.45) is 2.34. The SMILES string of the molecule is Cc1ccn[n+](CCCC(=O)O)c1N. The van der Waals surface area contributed by atoms with Crippen LogP contribution in [0.4, 0.5) is 5.82 Å². The molecule has 0 bridgehead atoms. The third kappa shape index (κ3) is 2.69. The third-order valence-corrected chi connectivity index (χ3v) is 1.97. The summed E-state index contributed by atoms with van der Waals surface area (Å²) >= 11 is 0. The number of carboxylic acids is 1. The van der Waals surface area contributed by atoms with Gasteiger partial charge in [0, 0.05) is 12.0 Å². The van der Waals surface area contributed by atoms with E-state index in [4.69, 9.17) is 10.8 Å². The van der Waals surface area contributed by atoms with Gasteiger partial charge in [0.05, 0.1) is 6.20 Å². The van der Waals surface area contributed by atoms with Crippen LogP contribution in [0.2, 0.25) is 0 Å². The van der Waals surface area contributed by atoms with Crippen molar-refractivity contribution in [1.82, 2.24) is 5.10 Å². The number of aromatic nitrogens is 2. The number of carboxylic acid groups (broad SMARTS) is 1. The predicted molar refractivity (Wildman–Crippen MR) is 50.5 cm³/mol. The number of hydrogen-bond acceptors (Lipinski definition) is 3. The zero-order valence-electron chi connectivity index (χ0n) is 8.10. The molecule has 0 fully saturated rings. The van der Waals surface area contributed by atoms with Crippen LogP contribution in [0.1, 0.15) is 18.4 Å². The van der Waals surface area contributed by atoms with Crippen molar-refractivity contribution in [3.8, 4) is 0 Å². The van der Waals surface area contributed by atoms with Gasteiger partial charge in [0.15, 0.2) is 0 Å². The molecule has 14 heavy (non-hydrogen) atoms. The molecule has 0 aromatic carbocycles. The maximum absolute atomic E-state index is 10.3. The molecule has 0 aliphatic carbocycles. The lowest BCUT2D eigenvalue weighted by molar-refractivity contribution is -0.740. The topological polar surface area (TPSA) is 80.1 Å². The Kier molecular flexibility index (Phi) is 3.39. The number of aryl methyl sites for hydroxylation is 2. The van der Waals surface area contributed by atoms with Gasteiger partial charge in [0.2, 0.25) is 0 Å². The highest BCUT2D eigenvalue weighted by atomic mass is 16.4. The molecule has 1 aromatic heterocycles. The first-order chi connectivity index (χ1) is 6.61. The second kappa shape index (κ2) is 4.55. The maximum Gasteiger partial charge on any atom is 0.303 e. The molecule has 76 valence electrons. The van der Waals surface area contributed by atoms with Gasteiger partial charge in [0.25, 0.3) is 5.82 Å². The van der Waals surface area contributed by atoms with Gasteiger partial charge in [-0.05, 0) is 19.4 Å². The molecule has 5 nitrogen and oxygen atoms in total. The highest BCUT2D eigenvalue weighted by Gasteiger charge is 2.08. The van der Waals surface area contributed by atoms with Gasteiger partial charge in [-0.2, -0.15) is 0 Å². The van der Waals surface area contributed by atoms with Crippen LogP contribution in [0.25, 0.3) is 0 Å². The summed E-state index contributed by atoms with van der Waals surface area (Å²) in [7, 11) is 0. The molecular formula is C9H14N3O2+. The van der Waals surface area contributed by atoms with Gasteiger partial charge in [-0.25, -0.2) is 0 Å². The van der Waals surface area contributed by atoms with Gasteiger partial charge >= 0.3 is 5.97 Å². The van der Waals surface area contributed by atoms with E-state index in [0.29, 0.717) is 18.8 Å². The number of rotatable bonds is 4. The van der Waals surface area contributed by atoms with Crippen LogP contribution in [0.15, 0.2) is 12.3 Å². The van der Waals surface area contributed by atoms with E-state index < -0.39 is 5.97 Å². The standard InChI is InChI=1S/C9H13N3O2/c1-7-4-5-11-12(9(7)10)6-2-3-8(13)14/h4-5,10H,2-3,6H2,1H3,(H,13,14)/p+1. The van der Waals surface area contributed by atoms with Gasteiger partial charge in [-0.1, -0.05) is 5.10 Å². The summed E-state index contributed by atoms with van der Waals surface area (Å²) < 4.78 is 1.62. The van der Waals surface area contributed by atoms with Crippen LogP contribution >= 0.6 is 0 Å². The molecule has 1 heterocycles. The molecule has 0 radical (unpaired) electrons. The second-order valence-corrected chi connectivity index (χ2v) is 3.12. The van der Waals surface area contributed by atoms with E-state index in [-0.39, 0.29) is 6.42 Å². The van der Waals surface area contributed by atoms with Crippen LogP contribution in [-0.2, 0) is 11.3 Å². The van der Waals surface area contributed by atoms with E-state index in [9.17, 15) is 4.79 Å².